The molecule has 3 fully saturated rings. The Morgan fingerprint density at radius 2 is 1.90 bits per heavy atom. The molecule has 0 aromatic rings. The van der Waals surface area contributed by atoms with Crippen LogP contribution in [0.2, 0.25) is 0 Å². The average molecular weight is 293 g/mol. The summed E-state index contributed by atoms with van der Waals surface area (Å²) in [5.41, 5.74) is 5.34. The van der Waals surface area contributed by atoms with Crippen LogP contribution in [0.15, 0.2) is 0 Å². The van der Waals surface area contributed by atoms with Crippen LogP contribution in [0.5, 0.6) is 0 Å². The molecule has 120 valence electrons. The first-order valence-electron chi connectivity index (χ1n) is 8.93. The number of rotatable bonds is 6. The monoisotopic (exact) mass is 293 g/mol. The molecule has 1 amide bonds. The molecule has 3 aliphatic rings. The zero-order valence-electron chi connectivity index (χ0n) is 13.4. The van der Waals surface area contributed by atoms with Gasteiger partial charge in [-0.2, -0.15) is 0 Å². The molecule has 3 unspecified atom stereocenters. The van der Waals surface area contributed by atoms with Crippen molar-refractivity contribution >= 4 is 5.91 Å². The summed E-state index contributed by atoms with van der Waals surface area (Å²) >= 11 is 0. The van der Waals surface area contributed by atoms with E-state index in [9.17, 15) is 4.79 Å². The lowest BCUT2D eigenvalue weighted by Gasteiger charge is -2.45. The molecule has 1 saturated heterocycles. The molecule has 0 radical (unpaired) electrons. The molecule has 4 heteroatoms. The molecule has 0 spiro atoms. The van der Waals surface area contributed by atoms with Gasteiger partial charge in [0.1, 0.15) is 5.54 Å². The molecule has 2 aliphatic carbocycles. The van der Waals surface area contributed by atoms with Crippen LogP contribution < -0.4 is 11.1 Å². The van der Waals surface area contributed by atoms with Crippen molar-refractivity contribution in [3.8, 4) is 0 Å². The Hall–Kier alpha value is -0.610. The second-order valence-electron chi connectivity index (χ2n) is 7.47. The fourth-order valence-corrected chi connectivity index (χ4v) is 4.76. The van der Waals surface area contributed by atoms with Gasteiger partial charge in [0, 0.05) is 13.1 Å². The first-order valence-corrected chi connectivity index (χ1v) is 8.93. The smallest absolute Gasteiger partial charge is 0.239 e. The molecule has 3 atom stereocenters. The summed E-state index contributed by atoms with van der Waals surface area (Å²) < 4.78 is 0. The third kappa shape index (κ3) is 3.11. The van der Waals surface area contributed by atoms with Crippen LogP contribution in [0.3, 0.4) is 0 Å². The van der Waals surface area contributed by atoms with Crippen LogP contribution in [0.1, 0.15) is 51.9 Å². The van der Waals surface area contributed by atoms with Crippen molar-refractivity contribution in [1.29, 1.82) is 0 Å². The second kappa shape index (κ2) is 6.25. The van der Waals surface area contributed by atoms with E-state index < -0.39 is 5.54 Å². The topological polar surface area (TPSA) is 58.4 Å². The molecule has 4 nitrogen and oxygen atoms in total. The van der Waals surface area contributed by atoms with Crippen molar-refractivity contribution in [2.24, 2.45) is 23.5 Å². The summed E-state index contributed by atoms with van der Waals surface area (Å²) in [6, 6.07) is 0. The molecule has 21 heavy (non-hydrogen) atoms. The fraction of sp³-hybridized carbons (Fsp3) is 0.941. The Kier molecular flexibility index (Phi) is 4.55. The van der Waals surface area contributed by atoms with E-state index in [2.05, 4.69) is 17.1 Å². The van der Waals surface area contributed by atoms with Crippen molar-refractivity contribution in [2.75, 3.05) is 26.2 Å². The number of hydrogen-bond acceptors (Lipinski definition) is 3. The van der Waals surface area contributed by atoms with Crippen LogP contribution in [-0.4, -0.2) is 42.5 Å². The Morgan fingerprint density at radius 1 is 1.19 bits per heavy atom. The van der Waals surface area contributed by atoms with Crippen LogP contribution >= 0.6 is 0 Å². The summed E-state index contributed by atoms with van der Waals surface area (Å²) in [5, 5.41) is 3.46. The highest BCUT2D eigenvalue weighted by atomic mass is 16.1. The average Bonchev–Trinajstić information content (AvgIpc) is 3.31. The lowest BCUT2D eigenvalue weighted by molar-refractivity contribution is -0.126. The third-order valence-corrected chi connectivity index (χ3v) is 6.05. The van der Waals surface area contributed by atoms with Crippen LogP contribution in [-0.2, 0) is 4.79 Å². The van der Waals surface area contributed by atoms with Gasteiger partial charge in [-0.15, -0.1) is 0 Å². The fourth-order valence-electron chi connectivity index (χ4n) is 4.76. The number of amides is 1. The van der Waals surface area contributed by atoms with Gasteiger partial charge in [0.15, 0.2) is 0 Å². The molecule has 0 aromatic heterocycles. The predicted molar refractivity (Wildman–Crippen MR) is 84.8 cm³/mol. The van der Waals surface area contributed by atoms with Gasteiger partial charge in [-0.05, 0) is 56.5 Å². The number of nitrogens with two attached hydrogens (primary N) is 1. The van der Waals surface area contributed by atoms with E-state index in [-0.39, 0.29) is 5.91 Å². The zero-order valence-corrected chi connectivity index (χ0v) is 13.4. The number of hydrogen-bond donors (Lipinski definition) is 2. The first kappa shape index (κ1) is 15.3. The van der Waals surface area contributed by atoms with Gasteiger partial charge in [-0.3, -0.25) is 4.79 Å². The number of carbonyl (C=O) groups excluding carboxylic acids is 1. The summed E-state index contributed by atoms with van der Waals surface area (Å²) in [5.74, 6) is 2.12. The molecule has 3 N–H and O–H groups in total. The number of carbonyl (C=O) groups is 1. The van der Waals surface area contributed by atoms with E-state index in [1.807, 2.05) is 0 Å². The molecule has 3 rings (SSSR count). The zero-order chi connectivity index (χ0) is 14.9. The molecule has 1 heterocycles. The first-order chi connectivity index (χ1) is 10.2. The Morgan fingerprint density at radius 3 is 2.52 bits per heavy atom. The summed E-state index contributed by atoms with van der Waals surface area (Å²) in [7, 11) is 0. The molecular weight excluding hydrogens is 262 g/mol. The second-order valence-corrected chi connectivity index (χ2v) is 7.47. The number of piperidine rings is 1. The summed E-state index contributed by atoms with van der Waals surface area (Å²) in [4.78, 5) is 14.7. The lowest BCUT2D eigenvalue weighted by atomic mass is 9.74. The number of fused-ring (bicyclic) bond motifs is 1. The van der Waals surface area contributed by atoms with Gasteiger partial charge in [0.2, 0.25) is 5.91 Å². The Bertz CT molecular complexity index is 382. The van der Waals surface area contributed by atoms with Crippen LogP contribution in [0.25, 0.3) is 0 Å². The van der Waals surface area contributed by atoms with Crippen molar-refractivity contribution in [2.45, 2.75) is 57.4 Å². The van der Waals surface area contributed by atoms with Crippen molar-refractivity contribution in [3.05, 3.63) is 0 Å². The minimum atomic E-state index is -0.476. The maximum Gasteiger partial charge on any atom is 0.239 e. The highest BCUT2D eigenvalue weighted by Crippen LogP contribution is 2.42. The quantitative estimate of drug-likeness (QED) is 0.784. The minimum Gasteiger partial charge on any atom is -0.368 e. The van der Waals surface area contributed by atoms with Gasteiger partial charge in [-0.1, -0.05) is 26.2 Å². The molecule has 0 aromatic carbocycles. The number of nitrogens with zero attached hydrogens (tertiary/aromatic N) is 1. The van der Waals surface area contributed by atoms with Gasteiger partial charge < -0.3 is 16.0 Å². The number of nitrogens with one attached hydrogen (secondary N) is 1. The minimum absolute atomic E-state index is 0.141. The largest absolute Gasteiger partial charge is 0.368 e. The SMILES string of the molecule is CCNC(CN1CCC2CCCCC2C1)(C(N)=O)C1CC1. The van der Waals surface area contributed by atoms with Crippen molar-refractivity contribution in [3.63, 3.8) is 0 Å². The van der Waals surface area contributed by atoms with Crippen molar-refractivity contribution < 1.29 is 4.79 Å². The summed E-state index contributed by atoms with van der Waals surface area (Å²) in [6.07, 6.45) is 9.24. The van der Waals surface area contributed by atoms with Crippen LogP contribution in [0, 0.1) is 17.8 Å². The highest BCUT2D eigenvalue weighted by molar-refractivity contribution is 5.86. The number of primary amides is 1. The van der Waals surface area contributed by atoms with E-state index in [4.69, 9.17) is 5.73 Å². The Labute approximate surface area is 128 Å². The lowest BCUT2D eigenvalue weighted by Crippen LogP contribution is -2.64. The molecule has 0 bridgehead atoms. The van der Waals surface area contributed by atoms with Gasteiger partial charge >= 0.3 is 0 Å². The van der Waals surface area contributed by atoms with Crippen LogP contribution in [0.4, 0.5) is 0 Å². The standard InChI is InChI=1S/C17H31N3O/c1-2-19-17(16(18)21,15-7-8-15)12-20-10-9-13-5-3-4-6-14(13)11-20/h13-15,19H,2-12H2,1H3,(H2,18,21). The maximum absolute atomic E-state index is 12.2. The van der Waals surface area contributed by atoms with E-state index in [1.54, 1.807) is 0 Å². The third-order valence-electron chi connectivity index (χ3n) is 6.05. The van der Waals surface area contributed by atoms with E-state index >= 15 is 0 Å². The van der Waals surface area contributed by atoms with Gasteiger partial charge in [-0.25, -0.2) is 0 Å². The molecule has 2 saturated carbocycles. The van der Waals surface area contributed by atoms with E-state index in [0.717, 1.165) is 44.3 Å². The molecular formula is C17H31N3O. The van der Waals surface area contributed by atoms with Gasteiger partial charge in [0.25, 0.3) is 0 Å². The van der Waals surface area contributed by atoms with Gasteiger partial charge in [0.05, 0.1) is 0 Å². The normalized spacial score (nSPS) is 33.2. The maximum atomic E-state index is 12.2. The van der Waals surface area contributed by atoms with Crippen molar-refractivity contribution in [1.82, 2.24) is 10.2 Å². The number of likely N-dealkylation sites (N-methyl/N-ethyl adjacent to an activating group) is 1. The highest BCUT2D eigenvalue weighted by Gasteiger charge is 2.50. The number of likely N-dealkylation sites (tertiary alicyclic amines) is 1. The van der Waals surface area contributed by atoms with E-state index in [1.165, 1.54) is 38.6 Å². The predicted octanol–water partition coefficient (Wildman–Crippen LogP) is 1.74. The summed E-state index contributed by atoms with van der Waals surface area (Å²) in [6.45, 7) is 6.04. The Balaban J connectivity index is 1.66. The van der Waals surface area contributed by atoms with E-state index in [0.29, 0.717) is 5.92 Å². The molecule has 1 aliphatic heterocycles.